The van der Waals surface area contributed by atoms with Gasteiger partial charge < -0.3 is 43.3 Å². The number of benzene rings is 2. The Bertz CT molecular complexity index is 1680. The zero-order valence-electron chi connectivity index (χ0n) is 37.9. The summed E-state index contributed by atoms with van der Waals surface area (Å²) in [6, 6.07) is 11.4. The number of anilines is 1. The number of methoxy groups -OCH3 is 6. The third-order valence-electron chi connectivity index (χ3n) is 11.5. The Hall–Kier alpha value is -3.71. The lowest BCUT2D eigenvalue weighted by Gasteiger charge is -2.40. The van der Waals surface area contributed by atoms with E-state index >= 15 is 0 Å². The van der Waals surface area contributed by atoms with E-state index in [0.29, 0.717) is 35.8 Å². The Kier molecular flexibility index (Phi) is 20.7. The molecule has 324 valence electrons. The van der Waals surface area contributed by atoms with Gasteiger partial charge in [-0.25, -0.2) is 0 Å². The molecule has 0 radical (unpaired) electrons. The third kappa shape index (κ3) is 14.0. The van der Waals surface area contributed by atoms with Crippen LogP contribution < -0.4 is 19.5 Å². The SMILES string of the molecule is C=C[C@H](OC)[C@@H](CC(C)(C)[Si](C)(C)O)/C(C)=C/[C@H](C)[C@@H](OC)[C@H](C[C@H](C)[C@@H](OCc1ccc(OC)cc1)c1cc(OC)cc(NC(=O)/C(C)=C/C=C/C)c1OC)OC. The van der Waals surface area contributed by atoms with Gasteiger partial charge in [0.25, 0.3) is 5.91 Å². The largest absolute Gasteiger partial charge is 0.497 e. The van der Waals surface area contributed by atoms with Gasteiger partial charge in [-0.05, 0) is 81.4 Å². The molecule has 0 aliphatic heterocycles. The first-order valence-electron chi connectivity index (χ1n) is 20.1. The summed E-state index contributed by atoms with van der Waals surface area (Å²) >= 11 is 0. The predicted molar refractivity (Wildman–Crippen MR) is 238 cm³/mol. The van der Waals surface area contributed by atoms with Gasteiger partial charge in [-0.15, -0.1) is 6.58 Å². The van der Waals surface area contributed by atoms with Crippen molar-refractivity contribution in [3.8, 4) is 17.2 Å². The fraction of sp³-hybridized carbons (Fsp3) is 0.553. The molecule has 10 nitrogen and oxygen atoms in total. The molecular weight excluding hydrogens is 751 g/mol. The molecule has 0 saturated heterocycles. The average Bonchev–Trinajstić information content (AvgIpc) is 3.19. The lowest BCUT2D eigenvalue weighted by Crippen LogP contribution is -2.42. The molecule has 0 aromatic heterocycles. The van der Waals surface area contributed by atoms with Crippen molar-refractivity contribution in [1.29, 1.82) is 0 Å². The van der Waals surface area contributed by atoms with Crippen molar-refractivity contribution in [2.45, 2.75) is 110 Å². The highest BCUT2D eigenvalue weighted by Crippen LogP contribution is 2.46. The third-order valence-corrected chi connectivity index (χ3v) is 15.1. The first kappa shape index (κ1) is 50.4. The van der Waals surface area contributed by atoms with Gasteiger partial charge >= 0.3 is 0 Å². The summed E-state index contributed by atoms with van der Waals surface area (Å²) in [6.07, 6.45) is 9.44. The van der Waals surface area contributed by atoms with Crippen molar-refractivity contribution in [2.24, 2.45) is 17.8 Å². The molecule has 1 amide bonds. The van der Waals surface area contributed by atoms with Crippen LogP contribution in [0.4, 0.5) is 5.69 Å². The van der Waals surface area contributed by atoms with Crippen LogP contribution in [0.25, 0.3) is 0 Å². The summed E-state index contributed by atoms with van der Waals surface area (Å²) in [6.45, 7) is 22.7. The molecule has 0 aliphatic rings. The van der Waals surface area contributed by atoms with Crippen LogP contribution in [-0.2, 0) is 30.3 Å². The Morgan fingerprint density at radius 1 is 0.931 bits per heavy atom. The first-order chi connectivity index (χ1) is 27.4. The summed E-state index contributed by atoms with van der Waals surface area (Å²) in [7, 11) is 7.44. The fourth-order valence-corrected chi connectivity index (χ4v) is 7.95. The fourth-order valence-electron chi connectivity index (χ4n) is 7.23. The van der Waals surface area contributed by atoms with Crippen LogP contribution in [0.1, 0.15) is 78.5 Å². The maximum absolute atomic E-state index is 13.3. The monoisotopic (exact) mass is 824 g/mol. The smallest absolute Gasteiger partial charge is 0.251 e. The van der Waals surface area contributed by atoms with Crippen LogP contribution >= 0.6 is 0 Å². The molecule has 2 rings (SSSR count). The van der Waals surface area contributed by atoms with E-state index in [4.69, 9.17) is 33.2 Å². The lowest BCUT2D eigenvalue weighted by atomic mass is 9.82. The Labute approximate surface area is 350 Å². The predicted octanol–water partition coefficient (Wildman–Crippen LogP) is 10.3. The number of amides is 1. The van der Waals surface area contributed by atoms with Gasteiger partial charge in [0, 0.05) is 50.4 Å². The van der Waals surface area contributed by atoms with Crippen molar-refractivity contribution >= 4 is 19.9 Å². The Morgan fingerprint density at radius 3 is 2.07 bits per heavy atom. The molecule has 58 heavy (non-hydrogen) atoms. The number of rotatable bonds is 25. The van der Waals surface area contributed by atoms with E-state index in [2.05, 4.69) is 52.6 Å². The molecule has 7 atom stereocenters. The number of hydrogen-bond acceptors (Lipinski definition) is 9. The van der Waals surface area contributed by atoms with E-state index in [9.17, 15) is 9.59 Å². The van der Waals surface area contributed by atoms with E-state index in [1.807, 2.05) is 68.6 Å². The summed E-state index contributed by atoms with van der Waals surface area (Å²) in [5.74, 6) is 1.30. The van der Waals surface area contributed by atoms with Crippen LogP contribution in [0.15, 0.2) is 84.5 Å². The van der Waals surface area contributed by atoms with Crippen LogP contribution in [0.2, 0.25) is 18.1 Å². The van der Waals surface area contributed by atoms with Gasteiger partial charge in [0.15, 0.2) is 8.32 Å². The maximum atomic E-state index is 13.3. The van der Waals surface area contributed by atoms with Gasteiger partial charge in [-0.3, -0.25) is 4.79 Å². The molecule has 2 aromatic rings. The molecule has 2 aromatic carbocycles. The first-order valence-corrected chi connectivity index (χ1v) is 23.0. The average molecular weight is 824 g/mol. The number of carbonyl (C=O) groups excluding carboxylic acids is 1. The minimum Gasteiger partial charge on any atom is -0.497 e. The molecule has 2 N–H and O–H groups in total. The molecule has 0 aliphatic carbocycles. The van der Waals surface area contributed by atoms with Crippen molar-refractivity contribution in [3.63, 3.8) is 0 Å². The van der Waals surface area contributed by atoms with E-state index in [0.717, 1.165) is 28.9 Å². The van der Waals surface area contributed by atoms with E-state index in [1.54, 1.807) is 61.7 Å². The Morgan fingerprint density at radius 2 is 1.57 bits per heavy atom. The van der Waals surface area contributed by atoms with Crippen LogP contribution in [-0.4, -0.2) is 80.0 Å². The van der Waals surface area contributed by atoms with Crippen molar-refractivity contribution < 1.29 is 42.7 Å². The van der Waals surface area contributed by atoms with Crippen molar-refractivity contribution in [2.75, 3.05) is 48.0 Å². The molecule has 0 heterocycles. The number of ether oxygens (including phenoxy) is 7. The Balaban J connectivity index is 2.64. The van der Waals surface area contributed by atoms with Gasteiger partial charge in [0.1, 0.15) is 17.2 Å². The van der Waals surface area contributed by atoms with Crippen LogP contribution in [0.3, 0.4) is 0 Å². The summed E-state index contributed by atoms with van der Waals surface area (Å²) < 4.78 is 42.4. The second-order valence-electron chi connectivity index (χ2n) is 16.4. The minimum atomic E-state index is -2.50. The normalized spacial score (nSPS) is 16.6. The molecule has 0 saturated carbocycles. The molecule has 0 fully saturated rings. The van der Waals surface area contributed by atoms with Crippen LogP contribution in [0, 0.1) is 17.8 Å². The highest BCUT2D eigenvalue weighted by atomic mass is 28.4. The molecule has 0 spiro atoms. The number of hydrogen-bond donors (Lipinski definition) is 2. The standard InChI is InChI=1S/C47H73NO9Si/c1-17-19-20-31(3)46(49)48-40-28-37(52-10)27-38(45(40)56-14)43(57-30-35-21-23-36(51-9)24-22-35)34(6)26-42(54-12)44(55-13)33(5)25-32(4)39(41(18-2)53-11)29-47(7,8)58(15,16)50/h17-25,27-28,33-34,39,41-44,50H,2,26,29-30H2,1,3-16H3,(H,48,49)/b19-17+,31-20+,32-25+/t33-,34-,39-,41-,42-,43+,44+/m0/s1. The summed E-state index contributed by atoms with van der Waals surface area (Å²) in [4.78, 5) is 24.5. The summed E-state index contributed by atoms with van der Waals surface area (Å²) in [5.41, 5.74) is 3.82. The molecule has 0 bridgehead atoms. The zero-order chi connectivity index (χ0) is 43.8. The van der Waals surface area contributed by atoms with E-state index in [1.165, 1.54) is 0 Å². The van der Waals surface area contributed by atoms with Crippen molar-refractivity contribution in [3.05, 3.63) is 95.6 Å². The minimum absolute atomic E-state index is 0.00429. The second-order valence-corrected chi connectivity index (χ2v) is 20.8. The molecule has 11 heteroatoms. The lowest BCUT2D eigenvalue weighted by molar-refractivity contribution is -0.112. The second kappa shape index (κ2) is 23.8. The summed E-state index contributed by atoms with van der Waals surface area (Å²) in [5, 5.41) is 2.76. The quantitative estimate of drug-likeness (QED) is 0.0437. The van der Waals surface area contributed by atoms with Gasteiger partial charge in [0.2, 0.25) is 0 Å². The zero-order valence-corrected chi connectivity index (χ0v) is 38.9. The van der Waals surface area contributed by atoms with Crippen molar-refractivity contribution in [1.82, 2.24) is 0 Å². The van der Waals surface area contributed by atoms with Gasteiger partial charge in [0.05, 0.1) is 58.0 Å². The number of allylic oxidation sites excluding steroid dienone is 3. The highest BCUT2D eigenvalue weighted by molar-refractivity contribution is 6.72. The van der Waals surface area contributed by atoms with Gasteiger partial charge in [-0.1, -0.05) is 75.8 Å². The topological polar surface area (TPSA) is 114 Å². The number of nitrogens with one attached hydrogen (secondary N) is 1. The molecular formula is C47H73NO9Si. The highest BCUT2D eigenvalue weighted by Gasteiger charge is 2.42. The van der Waals surface area contributed by atoms with Crippen LogP contribution in [0.5, 0.6) is 17.2 Å². The maximum Gasteiger partial charge on any atom is 0.251 e. The van der Waals surface area contributed by atoms with E-state index < -0.39 is 14.4 Å². The van der Waals surface area contributed by atoms with E-state index in [-0.39, 0.29) is 47.0 Å². The number of carbonyl (C=O) groups is 1. The molecule has 0 unspecified atom stereocenters. The van der Waals surface area contributed by atoms with Gasteiger partial charge in [-0.2, -0.15) is 0 Å².